The van der Waals surface area contributed by atoms with Crippen molar-refractivity contribution < 1.29 is 8.78 Å². The van der Waals surface area contributed by atoms with Crippen LogP contribution in [0.15, 0.2) is 79.1 Å². The zero-order valence-corrected chi connectivity index (χ0v) is 16.9. The standard InChI is InChI=1S/C22H16BF2N7/c23-16-12-26-20(27-13-16)14-5-4-6-15(11-14)22(24,25)21-30-29-19-10-9-18(31-32(19)21)28-17-7-2-1-3-8-17/h1-13H,23H2,(H,28,31). The molecule has 5 aromatic rings. The zero-order chi connectivity index (χ0) is 22.1. The van der Waals surface area contributed by atoms with E-state index in [1.807, 2.05) is 38.2 Å². The summed E-state index contributed by atoms with van der Waals surface area (Å²) in [5.41, 5.74) is 2.12. The van der Waals surface area contributed by atoms with Gasteiger partial charge in [0, 0.05) is 29.2 Å². The summed E-state index contributed by atoms with van der Waals surface area (Å²) in [5.74, 6) is -3.27. The van der Waals surface area contributed by atoms with Crippen LogP contribution in [-0.2, 0) is 5.92 Å². The van der Waals surface area contributed by atoms with E-state index in [0.29, 0.717) is 17.2 Å². The van der Waals surface area contributed by atoms with Gasteiger partial charge in [-0.05, 0) is 30.3 Å². The first kappa shape index (κ1) is 19.7. The second-order valence-electron chi connectivity index (χ2n) is 7.24. The molecule has 0 saturated carbocycles. The number of aromatic nitrogens is 6. The molecule has 1 N–H and O–H groups in total. The van der Waals surface area contributed by atoms with Crippen molar-refractivity contribution in [3.8, 4) is 11.4 Å². The summed E-state index contributed by atoms with van der Waals surface area (Å²) in [5, 5.41) is 15.0. The highest BCUT2D eigenvalue weighted by Crippen LogP contribution is 2.36. The average molecular weight is 427 g/mol. The van der Waals surface area contributed by atoms with Crippen LogP contribution >= 0.6 is 0 Å². The van der Waals surface area contributed by atoms with Crippen LogP contribution in [-0.4, -0.2) is 37.6 Å². The highest BCUT2D eigenvalue weighted by Gasteiger charge is 2.40. The van der Waals surface area contributed by atoms with Crippen molar-refractivity contribution >= 4 is 30.5 Å². The second-order valence-corrected chi connectivity index (χ2v) is 7.24. The number of anilines is 2. The Morgan fingerprint density at radius 2 is 1.66 bits per heavy atom. The van der Waals surface area contributed by atoms with E-state index in [2.05, 4.69) is 30.6 Å². The topological polar surface area (TPSA) is 80.9 Å². The summed E-state index contributed by atoms with van der Waals surface area (Å²) in [6.07, 6.45) is 3.29. The molecule has 0 unspecified atom stereocenters. The van der Waals surface area contributed by atoms with Crippen LogP contribution in [0.4, 0.5) is 20.3 Å². The highest BCUT2D eigenvalue weighted by molar-refractivity contribution is 6.31. The number of alkyl halides is 2. The Morgan fingerprint density at radius 1 is 0.875 bits per heavy atom. The van der Waals surface area contributed by atoms with Gasteiger partial charge in [0.15, 0.2) is 17.3 Å². The van der Waals surface area contributed by atoms with Gasteiger partial charge in [0.2, 0.25) is 5.82 Å². The lowest BCUT2D eigenvalue weighted by Gasteiger charge is -2.15. The maximum Gasteiger partial charge on any atom is 0.333 e. The molecule has 0 aliphatic heterocycles. The highest BCUT2D eigenvalue weighted by atomic mass is 19.3. The van der Waals surface area contributed by atoms with Crippen molar-refractivity contribution in [1.29, 1.82) is 0 Å². The molecule has 156 valence electrons. The number of nitrogens with one attached hydrogen (secondary N) is 1. The molecule has 32 heavy (non-hydrogen) atoms. The molecule has 0 aliphatic carbocycles. The Kier molecular flexibility index (Phi) is 4.81. The second kappa shape index (κ2) is 7.80. The van der Waals surface area contributed by atoms with Crippen LogP contribution in [0.2, 0.25) is 0 Å². The predicted molar refractivity (Wildman–Crippen MR) is 119 cm³/mol. The summed E-state index contributed by atoms with van der Waals surface area (Å²) < 4.78 is 32.1. The van der Waals surface area contributed by atoms with E-state index in [0.717, 1.165) is 15.7 Å². The number of para-hydroxylation sites is 1. The lowest BCUT2D eigenvalue weighted by molar-refractivity contribution is 0.0307. The molecular weight excluding hydrogens is 411 g/mol. The molecule has 3 aromatic heterocycles. The van der Waals surface area contributed by atoms with Gasteiger partial charge < -0.3 is 5.32 Å². The molecule has 5 rings (SSSR count). The summed E-state index contributed by atoms with van der Waals surface area (Å²) in [6.45, 7) is 0. The first-order valence-electron chi connectivity index (χ1n) is 9.83. The van der Waals surface area contributed by atoms with Gasteiger partial charge in [-0.15, -0.1) is 15.3 Å². The van der Waals surface area contributed by atoms with E-state index in [1.54, 1.807) is 36.7 Å². The van der Waals surface area contributed by atoms with E-state index in [9.17, 15) is 0 Å². The third kappa shape index (κ3) is 3.66. The van der Waals surface area contributed by atoms with Crippen molar-refractivity contribution in [2.24, 2.45) is 0 Å². The van der Waals surface area contributed by atoms with Crippen molar-refractivity contribution in [2.45, 2.75) is 5.92 Å². The number of halogens is 2. The van der Waals surface area contributed by atoms with Crippen molar-refractivity contribution in [1.82, 2.24) is 29.8 Å². The first-order valence-corrected chi connectivity index (χ1v) is 9.83. The molecular formula is C22H16BF2N7. The van der Waals surface area contributed by atoms with Crippen molar-refractivity contribution in [3.05, 3.63) is 90.5 Å². The third-order valence-corrected chi connectivity index (χ3v) is 4.85. The molecule has 0 aliphatic rings. The summed E-state index contributed by atoms with van der Waals surface area (Å²) >= 11 is 0. The van der Waals surface area contributed by atoms with Crippen molar-refractivity contribution in [2.75, 3.05) is 5.32 Å². The van der Waals surface area contributed by atoms with Gasteiger partial charge in [0.25, 0.3) is 0 Å². The fourth-order valence-corrected chi connectivity index (χ4v) is 3.25. The van der Waals surface area contributed by atoms with E-state index in [1.165, 1.54) is 12.1 Å². The lowest BCUT2D eigenvalue weighted by Crippen LogP contribution is -2.20. The maximum atomic E-state index is 15.5. The molecule has 0 bridgehead atoms. The Morgan fingerprint density at radius 3 is 2.44 bits per heavy atom. The van der Waals surface area contributed by atoms with Gasteiger partial charge in [0.1, 0.15) is 7.85 Å². The summed E-state index contributed by atoms with van der Waals surface area (Å²) in [7, 11) is 1.86. The summed E-state index contributed by atoms with van der Waals surface area (Å²) in [4.78, 5) is 8.45. The summed E-state index contributed by atoms with van der Waals surface area (Å²) in [6, 6.07) is 18.5. The molecule has 0 fully saturated rings. The number of rotatable bonds is 5. The van der Waals surface area contributed by atoms with Crippen molar-refractivity contribution in [3.63, 3.8) is 0 Å². The van der Waals surface area contributed by atoms with E-state index in [-0.39, 0.29) is 11.2 Å². The monoisotopic (exact) mass is 427 g/mol. The Balaban J connectivity index is 1.53. The van der Waals surface area contributed by atoms with Gasteiger partial charge >= 0.3 is 5.92 Å². The molecule has 0 saturated heterocycles. The minimum absolute atomic E-state index is 0.219. The normalized spacial score (nSPS) is 11.6. The van der Waals surface area contributed by atoms with Gasteiger partial charge in [0.05, 0.1) is 0 Å². The smallest absolute Gasteiger partial charge is 0.333 e. The number of hydrogen-bond donors (Lipinski definition) is 1. The van der Waals surface area contributed by atoms with Gasteiger partial charge in [-0.2, -0.15) is 13.3 Å². The number of nitrogens with zero attached hydrogens (tertiary/aromatic N) is 6. The number of fused-ring (bicyclic) bond motifs is 1. The number of benzene rings is 2. The number of hydrogen-bond acceptors (Lipinski definition) is 6. The predicted octanol–water partition coefficient (Wildman–Crippen LogP) is 2.72. The molecule has 0 atom stereocenters. The van der Waals surface area contributed by atoms with Crippen LogP contribution in [0.5, 0.6) is 0 Å². The molecule has 0 radical (unpaired) electrons. The third-order valence-electron chi connectivity index (χ3n) is 4.85. The molecule has 2 aromatic carbocycles. The average Bonchev–Trinajstić information content (AvgIpc) is 3.24. The van der Waals surface area contributed by atoms with Crippen LogP contribution in [0.3, 0.4) is 0 Å². The lowest BCUT2D eigenvalue weighted by atomic mass is 10.0. The van der Waals surface area contributed by atoms with Crippen LogP contribution in [0.25, 0.3) is 17.0 Å². The van der Waals surface area contributed by atoms with Crippen LogP contribution in [0, 0.1) is 0 Å². The van der Waals surface area contributed by atoms with Crippen LogP contribution in [0.1, 0.15) is 11.4 Å². The fraction of sp³-hybridized carbons (Fsp3) is 0.0455. The quantitative estimate of drug-likeness (QED) is 0.435. The van der Waals surface area contributed by atoms with E-state index in [4.69, 9.17) is 0 Å². The molecule has 10 heteroatoms. The van der Waals surface area contributed by atoms with Crippen LogP contribution < -0.4 is 10.8 Å². The van der Waals surface area contributed by atoms with Gasteiger partial charge in [-0.1, -0.05) is 41.9 Å². The molecule has 3 heterocycles. The minimum Gasteiger partial charge on any atom is -0.339 e. The minimum atomic E-state index is -3.45. The van der Waals surface area contributed by atoms with Gasteiger partial charge in [-0.3, -0.25) is 0 Å². The SMILES string of the molecule is Bc1cnc(-c2cccc(C(F)(F)c3nnc4ccc(Nc5ccccc5)nn34)c2)nc1. The molecule has 7 nitrogen and oxygen atoms in total. The fourth-order valence-electron chi connectivity index (χ4n) is 3.25. The molecule has 0 spiro atoms. The van der Waals surface area contributed by atoms with E-state index >= 15 is 8.78 Å². The Hall–Kier alpha value is -4.21. The Labute approximate surface area is 182 Å². The molecule has 0 amide bonds. The first-order chi connectivity index (χ1) is 15.5. The van der Waals surface area contributed by atoms with Gasteiger partial charge in [-0.25, -0.2) is 9.97 Å². The van der Waals surface area contributed by atoms with E-state index < -0.39 is 11.7 Å². The Bertz CT molecular complexity index is 1390. The maximum absolute atomic E-state index is 15.5. The largest absolute Gasteiger partial charge is 0.339 e. The zero-order valence-electron chi connectivity index (χ0n) is 16.9.